The lowest BCUT2D eigenvalue weighted by atomic mass is 10.00. The molecule has 0 saturated carbocycles. The highest BCUT2D eigenvalue weighted by Gasteiger charge is 2.14. The number of aromatic nitrogens is 1. The minimum absolute atomic E-state index is 0.366. The van der Waals surface area contributed by atoms with Gasteiger partial charge in [0, 0.05) is 29.2 Å². The number of hydrogen-bond donors (Lipinski definition) is 1. The molecule has 0 amide bonds. The van der Waals surface area contributed by atoms with Crippen LogP contribution in [-0.2, 0) is 0 Å². The average molecular weight is 252 g/mol. The summed E-state index contributed by atoms with van der Waals surface area (Å²) in [6.45, 7) is 10.8. The second-order valence-electron chi connectivity index (χ2n) is 4.82. The van der Waals surface area contributed by atoms with Crippen LogP contribution in [0.15, 0.2) is 6.07 Å². The van der Waals surface area contributed by atoms with Crippen molar-refractivity contribution in [3.05, 3.63) is 28.6 Å². The molecule has 0 spiro atoms. The smallest absolute Gasteiger partial charge is 0.0426 e. The molecule has 1 N–H and O–H groups in total. The largest absolute Gasteiger partial charge is 0.307 e. The number of nitrogens with zero attached hydrogens (tertiary/aromatic N) is 1. The van der Waals surface area contributed by atoms with Crippen molar-refractivity contribution in [1.29, 1.82) is 0 Å². The first-order valence-corrected chi connectivity index (χ1v) is 7.54. The second-order valence-corrected chi connectivity index (χ2v) is 5.74. The lowest BCUT2D eigenvalue weighted by Gasteiger charge is -2.22. The Bertz CT molecular complexity index is 353. The van der Waals surface area contributed by atoms with Gasteiger partial charge in [0.2, 0.25) is 0 Å². The summed E-state index contributed by atoms with van der Waals surface area (Å²) < 4.78 is 0. The van der Waals surface area contributed by atoms with Gasteiger partial charge in [-0.1, -0.05) is 0 Å². The van der Waals surface area contributed by atoms with Gasteiger partial charge in [-0.15, -0.1) is 0 Å². The molecule has 2 atom stereocenters. The van der Waals surface area contributed by atoms with Crippen molar-refractivity contribution in [3.63, 3.8) is 0 Å². The van der Waals surface area contributed by atoms with Crippen LogP contribution in [0.2, 0.25) is 0 Å². The lowest BCUT2D eigenvalue weighted by molar-refractivity contribution is 0.506. The second kappa shape index (κ2) is 6.41. The van der Waals surface area contributed by atoms with E-state index in [-0.39, 0.29) is 0 Å². The van der Waals surface area contributed by atoms with Crippen LogP contribution in [0.4, 0.5) is 0 Å². The molecular formula is C14H24N2S. The molecular weight excluding hydrogens is 228 g/mol. The van der Waals surface area contributed by atoms with Gasteiger partial charge >= 0.3 is 0 Å². The molecule has 0 aliphatic rings. The summed E-state index contributed by atoms with van der Waals surface area (Å²) in [6, 6.07) is 3.06. The zero-order chi connectivity index (χ0) is 13.0. The maximum absolute atomic E-state index is 4.56. The summed E-state index contributed by atoms with van der Waals surface area (Å²) in [4.78, 5) is 4.56. The van der Waals surface area contributed by atoms with Crippen molar-refractivity contribution in [2.45, 2.75) is 46.7 Å². The number of thioether (sulfide) groups is 1. The molecule has 1 rings (SSSR count). The zero-order valence-electron chi connectivity index (χ0n) is 11.8. The van der Waals surface area contributed by atoms with Crippen molar-refractivity contribution in [2.24, 2.45) is 0 Å². The van der Waals surface area contributed by atoms with Crippen molar-refractivity contribution in [2.75, 3.05) is 12.0 Å². The Morgan fingerprint density at radius 2 is 1.94 bits per heavy atom. The quantitative estimate of drug-likeness (QED) is 0.869. The normalized spacial score (nSPS) is 14.7. The van der Waals surface area contributed by atoms with Crippen LogP contribution in [0.5, 0.6) is 0 Å². The minimum atomic E-state index is 0.366. The molecule has 0 radical (unpaired) electrons. The van der Waals surface area contributed by atoms with Crippen LogP contribution >= 0.6 is 11.8 Å². The Kier molecular flexibility index (Phi) is 5.47. The Labute approximate surface area is 110 Å². The average Bonchev–Trinajstić information content (AvgIpc) is 2.15. The molecule has 2 unspecified atom stereocenters. The maximum atomic E-state index is 4.56. The first-order valence-electron chi connectivity index (χ1n) is 6.15. The third kappa shape index (κ3) is 4.00. The number of nitrogens with one attached hydrogen (secondary N) is 1. The van der Waals surface area contributed by atoms with Crippen LogP contribution in [-0.4, -0.2) is 23.0 Å². The predicted octanol–water partition coefficient (Wildman–Crippen LogP) is 3.41. The topological polar surface area (TPSA) is 24.9 Å². The SMILES string of the molecule is CSCC(C)NC(C)c1c(C)cc(C)nc1C. The Morgan fingerprint density at radius 3 is 2.47 bits per heavy atom. The fraction of sp³-hybridized carbons (Fsp3) is 0.643. The van der Waals surface area contributed by atoms with E-state index in [4.69, 9.17) is 0 Å². The van der Waals surface area contributed by atoms with Crippen LogP contribution in [0.1, 0.15) is 42.4 Å². The van der Waals surface area contributed by atoms with E-state index in [1.54, 1.807) is 0 Å². The molecule has 1 heterocycles. The molecule has 96 valence electrons. The Morgan fingerprint density at radius 1 is 1.29 bits per heavy atom. The van der Waals surface area contributed by atoms with Crippen LogP contribution in [0.25, 0.3) is 0 Å². The summed E-state index contributed by atoms with van der Waals surface area (Å²) in [5.41, 5.74) is 4.95. The Hall–Kier alpha value is -0.540. The van der Waals surface area contributed by atoms with E-state index in [1.165, 1.54) is 11.1 Å². The molecule has 1 aromatic rings. The van der Waals surface area contributed by atoms with E-state index >= 15 is 0 Å². The molecule has 0 aromatic carbocycles. The molecule has 0 aliphatic carbocycles. The minimum Gasteiger partial charge on any atom is -0.307 e. The summed E-state index contributed by atoms with van der Waals surface area (Å²) >= 11 is 1.88. The highest BCUT2D eigenvalue weighted by molar-refractivity contribution is 7.98. The van der Waals surface area contributed by atoms with Gasteiger partial charge < -0.3 is 5.32 Å². The molecule has 1 aromatic heterocycles. The predicted molar refractivity (Wildman–Crippen MR) is 77.8 cm³/mol. The van der Waals surface area contributed by atoms with Gasteiger partial charge in [-0.25, -0.2) is 0 Å². The van der Waals surface area contributed by atoms with E-state index in [9.17, 15) is 0 Å². The van der Waals surface area contributed by atoms with Crippen molar-refractivity contribution in [3.8, 4) is 0 Å². The number of rotatable bonds is 5. The lowest BCUT2D eigenvalue weighted by Crippen LogP contribution is -2.31. The molecule has 0 aliphatic heterocycles. The van der Waals surface area contributed by atoms with Gasteiger partial charge in [-0.05, 0) is 58.1 Å². The van der Waals surface area contributed by atoms with E-state index < -0.39 is 0 Å². The first-order chi connectivity index (χ1) is 7.95. The first kappa shape index (κ1) is 14.5. The molecule has 0 saturated heterocycles. The van der Waals surface area contributed by atoms with E-state index in [0.717, 1.165) is 17.1 Å². The van der Waals surface area contributed by atoms with Crippen LogP contribution < -0.4 is 5.32 Å². The molecule has 2 nitrogen and oxygen atoms in total. The number of hydrogen-bond acceptors (Lipinski definition) is 3. The molecule has 0 fully saturated rings. The fourth-order valence-electron chi connectivity index (χ4n) is 2.50. The standard InChI is InChI=1S/C14H24N2S/c1-9-7-10(2)15-12(4)14(9)13(5)16-11(3)8-17-6/h7,11,13,16H,8H2,1-6H3. The van der Waals surface area contributed by atoms with Gasteiger partial charge in [-0.3, -0.25) is 4.98 Å². The summed E-state index contributed by atoms with van der Waals surface area (Å²) in [5.74, 6) is 1.14. The van der Waals surface area contributed by atoms with E-state index in [1.807, 2.05) is 11.8 Å². The molecule has 3 heteroatoms. The highest BCUT2D eigenvalue weighted by Crippen LogP contribution is 2.21. The molecule has 0 bridgehead atoms. The maximum Gasteiger partial charge on any atom is 0.0426 e. The summed E-state index contributed by atoms with van der Waals surface area (Å²) in [5, 5.41) is 3.64. The van der Waals surface area contributed by atoms with Crippen molar-refractivity contribution in [1.82, 2.24) is 10.3 Å². The van der Waals surface area contributed by atoms with Crippen LogP contribution in [0.3, 0.4) is 0 Å². The monoisotopic (exact) mass is 252 g/mol. The van der Waals surface area contributed by atoms with Gasteiger partial charge in [-0.2, -0.15) is 11.8 Å². The van der Waals surface area contributed by atoms with Gasteiger partial charge in [0.1, 0.15) is 0 Å². The summed E-state index contributed by atoms with van der Waals surface area (Å²) in [6.07, 6.45) is 2.15. The summed E-state index contributed by atoms with van der Waals surface area (Å²) in [7, 11) is 0. The Balaban J connectivity index is 2.85. The number of aryl methyl sites for hydroxylation is 3. The third-order valence-electron chi connectivity index (χ3n) is 2.97. The van der Waals surface area contributed by atoms with Crippen LogP contribution in [0, 0.1) is 20.8 Å². The zero-order valence-corrected chi connectivity index (χ0v) is 12.6. The van der Waals surface area contributed by atoms with Gasteiger partial charge in [0.25, 0.3) is 0 Å². The third-order valence-corrected chi connectivity index (χ3v) is 3.80. The van der Waals surface area contributed by atoms with Crippen molar-refractivity contribution < 1.29 is 0 Å². The fourth-order valence-corrected chi connectivity index (χ4v) is 3.09. The van der Waals surface area contributed by atoms with Gasteiger partial charge in [0.15, 0.2) is 0 Å². The van der Waals surface area contributed by atoms with Crippen molar-refractivity contribution >= 4 is 11.8 Å². The highest BCUT2D eigenvalue weighted by atomic mass is 32.2. The molecule has 17 heavy (non-hydrogen) atoms. The van der Waals surface area contributed by atoms with E-state index in [0.29, 0.717) is 12.1 Å². The van der Waals surface area contributed by atoms with E-state index in [2.05, 4.69) is 57.2 Å². The van der Waals surface area contributed by atoms with Gasteiger partial charge in [0.05, 0.1) is 0 Å². The number of pyridine rings is 1.